The van der Waals surface area contributed by atoms with Crippen LogP contribution in [0.3, 0.4) is 0 Å². The lowest BCUT2D eigenvalue weighted by Crippen LogP contribution is -2.08. The van der Waals surface area contributed by atoms with Gasteiger partial charge in [-0.05, 0) is 29.0 Å². The summed E-state index contributed by atoms with van der Waals surface area (Å²) in [6.45, 7) is 0. The van der Waals surface area contributed by atoms with Gasteiger partial charge in [0.15, 0.2) is 0 Å². The van der Waals surface area contributed by atoms with Gasteiger partial charge in [-0.25, -0.2) is 0 Å². The molecular formula is C17H10F3NO3. The maximum absolute atomic E-state index is 13.1. The summed E-state index contributed by atoms with van der Waals surface area (Å²) < 4.78 is 44.8. The molecule has 0 aromatic heterocycles. The summed E-state index contributed by atoms with van der Waals surface area (Å²) in [6, 6.07) is 14.6. The Morgan fingerprint density at radius 3 is 2.29 bits per heavy atom. The molecule has 0 aliphatic rings. The van der Waals surface area contributed by atoms with Crippen molar-refractivity contribution < 1.29 is 22.8 Å². The molecule has 24 heavy (non-hydrogen) atoms. The van der Waals surface area contributed by atoms with Gasteiger partial charge in [-0.3, -0.25) is 10.1 Å². The smallest absolute Gasteiger partial charge is 0.420 e. The zero-order valence-electron chi connectivity index (χ0n) is 12.1. The summed E-state index contributed by atoms with van der Waals surface area (Å²) in [5.74, 6) is -0.267. The van der Waals surface area contributed by atoms with E-state index in [9.17, 15) is 23.3 Å². The molecule has 0 aliphatic heterocycles. The van der Waals surface area contributed by atoms with E-state index in [1.54, 1.807) is 24.3 Å². The fourth-order valence-corrected chi connectivity index (χ4v) is 2.30. The second-order valence-electron chi connectivity index (χ2n) is 5.05. The highest BCUT2D eigenvalue weighted by molar-refractivity contribution is 5.83. The van der Waals surface area contributed by atoms with Gasteiger partial charge >= 0.3 is 6.18 Å². The first-order valence-corrected chi connectivity index (χ1v) is 6.87. The predicted octanol–water partition coefficient (Wildman–Crippen LogP) is 5.56. The standard InChI is InChI=1S/C17H10F3NO3/c18-17(19,20)15-10-13(21(22)23)6-8-16(15)24-14-7-5-11-3-1-2-4-12(11)9-14/h1-10H. The fourth-order valence-electron chi connectivity index (χ4n) is 2.30. The molecule has 0 fully saturated rings. The molecule has 0 aliphatic carbocycles. The number of alkyl halides is 3. The Labute approximate surface area is 134 Å². The maximum atomic E-state index is 13.1. The molecule has 0 bridgehead atoms. The van der Waals surface area contributed by atoms with Crippen molar-refractivity contribution >= 4 is 16.5 Å². The van der Waals surface area contributed by atoms with Crippen LogP contribution in [0.15, 0.2) is 60.7 Å². The largest absolute Gasteiger partial charge is 0.457 e. The van der Waals surface area contributed by atoms with Crippen LogP contribution >= 0.6 is 0 Å². The Balaban J connectivity index is 2.03. The third-order valence-corrected chi connectivity index (χ3v) is 3.43. The van der Waals surface area contributed by atoms with Crippen molar-refractivity contribution in [2.45, 2.75) is 6.18 Å². The number of hydrogen-bond donors (Lipinski definition) is 0. The molecule has 0 saturated carbocycles. The molecule has 3 aromatic carbocycles. The lowest BCUT2D eigenvalue weighted by Gasteiger charge is -2.14. The van der Waals surface area contributed by atoms with E-state index in [0.717, 1.165) is 22.9 Å². The average molecular weight is 333 g/mol. The molecule has 0 heterocycles. The fraction of sp³-hybridized carbons (Fsp3) is 0.0588. The van der Waals surface area contributed by atoms with Crippen molar-refractivity contribution in [1.82, 2.24) is 0 Å². The van der Waals surface area contributed by atoms with Crippen LogP contribution in [0.25, 0.3) is 10.8 Å². The van der Waals surface area contributed by atoms with Gasteiger partial charge in [-0.15, -0.1) is 0 Å². The number of ether oxygens (including phenoxy) is 1. The number of nitro benzene ring substituents is 1. The zero-order valence-corrected chi connectivity index (χ0v) is 12.1. The lowest BCUT2D eigenvalue weighted by atomic mass is 10.1. The number of benzene rings is 3. The van der Waals surface area contributed by atoms with Gasteiger partial charge in [-0.2, -0.15) is 13.2 Å². The quantitative estimate of drug-likeness (QED) is 0.466. The molecule has 0 N–H and O–H groups in total. The predicted molar refractivity (Wildman–Crippen MR) is 82.1 cm³/mol. The van der Waals surface area contributed by atoms with Gasteiger partial charge in [0.1, 0.15) is 17.1 Å². The highest BCUT2D eigenvalue weighted by Gasteiger charge is 2.36. The van der Waals surface area contributed by atoms with Gasteiger partial charge in [0.2, 0.25) is 0 Å². The third-order valence-electron chi connectivity index (χ3n) is 3.43. The van der Waals surface area contributed by atoms with Gasteiger partial charge in [-0.1, -0.05) is 30.3 Å². The van der Waals surface area contributed by atoms with Crippen molar-refractivity contribution in [3.05, 3.63) is 76.3 Å². The Morgan fingerprint density at radius 1 is 0.917 bits per heavy atom. The van der Waals surface area contributed by atoms with Crippen LogP contribution in [0.2, 0.25) is 0 Å². The minimum atomic E-state index is -4.77. The number of nitro groups is 1. The first kappa shape index (κ1) is 15.8. The average Bonchev–Trinajstić information content (AvgIpc) is 2.54. The van der Waals surface area contributed by atoms with Crippen LogP contribution in [0.4, 0.5) is 18.9 Å². The van der Waals surface area contributed by atoms with E-state index < -0.39 is 28.1 Å². The second-order valence-corrected chi connectivity index (χ2v) is 5.05. The molecule has 0 saturated heterocycles. The third kappa shape index (κ3) is 3.15. The van der Waals surface area contributed by atoms with Gasteiger partial charge in [0, 0.05) is 12.1 Å². The minimum Gasteiger partial charge on any atom is -0.457 e. The molecule has 0 radical (unpaired) electrons. The van der Waals surface area contributed by atoms with Crippen LogP contribution in [0.5, 0.6) is 11.5 Å². The van der Waals surface area contributed by atoms with E-state index >= 15 is 0 Å². The van der Waals surface area contributed by atoms with E-state index in [4.69, 9.17) is 4.74 Å². The topological polar surface area (TPSA) is 52.4 Å². The van der Waals surface area contributed by atoms with Gasteiger partial charge in [0.25, 0.3) is 5.69 Å². The normalized spacial score (nSPS) is 11.5. The number of fused-ring (bicyclic) bond motifs is 1. The molecule has 0 spiro atoms. The van der Waals surface area contributed by atoms with E-state index in [-0.39, 0.29) is 5.75 Å². The summed E-state index contributed by atoms with van der Waals surface area (Å²) in [7, 11) is 0. The first-order valence-electron chi connectivity index (χ1n) is 6.87. The molecule has 4 nitrogen and oxygen atoms in total. The molecule has 0 atom stereocenters. The Hall–Kier alpha value is -3.09. The molecule has 0 unspecified atom stereocenters. The van der Waals surface area contributed by atoms with E-state index in [1.807, 2.05) is 18.2 Å². The monoisotopic (exact) mass is 333 g/mol. The Kier molecular flexibility index (Phi) is 3.84. The molecule has 3 rings (SSSR count). The summed E-state index contributed by atoms with van der Waals surface area (Å²) in [4.78, 5) is 9.81. The van der Waals surface area contributed by atoms with Crippen molar-refractivity contribution in [1.29, 1.82) is 0 Å². The zero-order chi connectivity index (χ0) is 17.3. The number of hydrogen-bond acceptors (Lipinski definition) is 3. The Bertz CT molecular complexity index is 922. The van der Waals surface area contributed by atoms with Crippen molar-refractivity contribution in [2.75, 3.05) is 0 Å². The van der Waals surface area contributed by atoms with E-state index in [2.05, 4.69) is 0 Å². The Morgan fingerprint density at radius 2 is 1.62 bits per heavy atom. The summed E-state index contributed by atoms with van der Waals surface area (Å²) in [5.41, 5.74) is -1.84. The van der Waals surface area contributed by atoms with Crippen LogP contribution in [-0.2, 0) is 6.18 Å². The second kappa shape index (κ2) is 5.84. The molecule has 122 valence electrons. The molecule has 7 heteroatoms. The molecule has 0 amide bonds. The summed E-state index contributed by atoms with van der Waals surface area (Å²) in [6.07, 6.45) is -4.77. The molecule has 3 aromatic rings. The van der Waals surface area contributed by atoms with Gasteiger partial charge < -0.3 is 4.74 Å². The number of nitrogens with zero attached hydrogens (tertiary/aromatic N) is 1. The van der Waals surface area contributed by atoms with Crippen LogP contribution < -0.4 is 4.74 Å². The van der Waals surface area contributed by atoms with E-state index in [0.29, 0.717) is 6.07 Å². The number of halogens is 3. The highest BCUT2D eigenvalue weighted by atomic mass is 19.4. The first-order chi connectivity index (χ1) is 11.3. The van der Waals surface area contributed by atoms with Crippen LogP contribution in [-0.4, -0.2) is 4.92 Å². The number of rotatable bonds is 3. The SMILES string of the molecule is O=[N+]([O-])c1ccc(Oc2ccc3ccccc3c2)c(C(F)(F)F)c1. The van der Waals surface area contributed by atoms with Gasteiger partial charge in [0.05, 0.1) is 4.92 Å². The van der Waals surface area contributed by atoms with Crippen LogP contribution in [0.1, 0.15) is 5.56 Å². The highest BCUT2D eigenvalue weighted by Crippen LogP contribution is 2.40. The maximum Gasteiger partial charge on any atom is 0.420 e. The summed E-state index contributed by atoms with van der Waals surface area (Å²) >= 11 is 0. The minimum absolute atomic E-state index is 0.216. The van der Waals surface area contributed by atoms with Crippen molar-refractivity contribution in [3.8, 4) is 11.5 Å². The molecular weight excluding hydrogens is 323 g/mol. The van der Waals surface area contributed by atoms with Crippen molar-refractivity contribution in [2.24, 2.45) is 0 Å². The lowest BCUT2D eigenvalue weighted by molar-refractivity contribution is -0.385. The summed E-state index contributed by atoms with van der Waals surface area (Å²) in [5, 5.41) is 12.4. The number of non-ortho nitro benzene ring substituents is 1. The van der Waals surface area contributed by atoms with Crippen molar-refractivity contribution in [3.63, 3.8) is 0 Å². The van der Waals surface area contributed by atoms with Crippen LogP contribution in [0, 0.1) is 10.1 Å². The van der Waals surface area contributed by atoms with E-state index in [1.165, 1.54) is 0 Å².